The molecule has 1 N–H and O–H groups in total. The van der Waals surface area contributed by atoms with Crippen molar-refractivity contribution in [2.45, 2.75) is 32.1 Å². The molecule has 8 heteroatoms. The number of halogens is 4. The largest absolute Gasteiger partial charge is 0.416 e. The lowest BCUT2D eigenvalue weighted by Crippen LogP contribution is -2.45. The molecule has 0 spiro atoms. The van der Waals surface area contributed by atoms with Crippen LogP contribution in [-0.2, 0) is 19.3 Å². The molecule has 2 aliphatic rings. The van der Waals surface area contributed by atoms with Crippen LogP contribution in [0.2, 0.25) is 5.02 Å². The zero-order valence-electron chi connectivity index (χ0n) is 18.5. The van der Waals surface area contributed by atoms with Gasteiger partial charge in [-0.1, -0.05) is 17.7 Å². The third-order valence-corrected chi connectivity index (χ3v) is 7.08. The van der Waals surface area contributed by atoms with Crippen molar-refractivity contribution in [3.8, 4) is 0 Å². The first-order valence-electron chi connectivity index (χ1n) is 11.5. The summed E-state index contributed by atoms with van der Waals surface area (Å²) in [5.41, 5.74) is 3.51. The molecular formula is C25H28ClF3N4. The number of hydrogen-bond acceptors (Lipinski definition) is 3. The predicted molar refractivity (Wildman–Crippen MR) is 127 cm³/mol. The minimum Gasteiger partial charge on any atom is -0.371 e. The van der Waals surface area contributed by atoms with E-state index >= 15 is 0 Å². The Bertz CT molecular complexity index is 1110. The second-order valence-corrected chi connectivity index (χ2v) is 9.53. The molecule has 4 nitrogen and oxygen atoms in total. The fraction of sp³-hybridized carbons (Fsp3) is 0.440. The lowest BCUT2D eigenvalue weighted by Gasteiger charge is -2.35. The number of H-pyrrole nitrogens is 1. The fourth-order valence-electron chi connectivity index (χ4n) is 5.00. The second-order valence-electron chi connectivity index (χ2n) is 9.09. The average molecular weight is 477 g/mol. The van der Waals surface area contributed by atoms with Gasteiger partial charge >= 0.3 is 6.18 Å². The van der Waals surface area contributed by atoms with Crippen LogP contribution >= 0.6 is 11.6 Å². The highest BCUT2D eigenvalue weighted by atomic mass is 35.5. The van der Waals surface area contributed by atoms with Crippen LogP contribution < -0.4 is 4.90 Å². The van der Waals surface area contributed by atoms with Crippen molar-refractivity contribution in [1.82, 2.24) is 14.8 Å². The van der Waals surface area contributed by atoms with E-state index in [-0.39, 0.29) is 0 Å². The van der Waals surface area contributed by atoms with E-state index in [0.717, 1.165) is 85.8 Å². The normalized spacial score (nSPS) is 18.5. The van der Waals surface area contributed by atoms with Gasteiger partial charge in [-0.3, -0.25) is 9.80 Å². The van der Waals surface area contributed by atoms with Crippen molar-refractivity contribution in [3.63, 3.8) is 0 Å². The standard InChI is InChI=1S/C25H28ClF3N4/c26-21-5-6-23-22(14-21)19(15-30-23)17-32-11-9-31(10-12-32)16-18-3-4-20(25(27,28)29)13-24(18)33-7-1-2-8-33/h3-6,13-15,30H,1-2,7-12,16-17H2. The molecule has 0 bridgehead atoms. The maximum atomic E-state index is 13.3. The maximum Gasteiger partial charge on any atom is 0.416 e. The maximum absolute atomic E-state index is 13.3. The molecule has 176 valence electrons. The van der Waals surface area contributed by atoms with Crippen molar-refractivity contribution in [1.29, 1.82) is 0 Å². The SMILES string of the molecule is FC(F)(F)c1ccc(CN2CCN(Cc3c[nH]c4ccc(Cl)cc34)CC2)c(N2CCCC2)c1. The first kappa shape index (κ1) is 22.6. The van der Waals surface area contributed by atoms with Crippen LogP contribution in [0.15, 0.2) is 42.6 Å². The Balaban J connectivity index is 1.25. The summed E-state index contributed by atoms with van der Waals surface area (Å²) in [5, 5.41) is 1.89. The van der Waals surface area contributed by atoms with Gasteiger partial charge in [-0.25, -0.2) is 0 Å². The summed E-state index contributed by atoms with van der Waals surface area (Å²) in [7, 11) is 0. The first-order chi connectivity index (χ1) is 15.9. The molecule has 0 radical (unpaired) electrons. The van der Waals surface area contributed by atoms with E-state index in [9.17, 15) is 13.2 Å². The van der Waals surface area contributed by atoms with E-state index in [1.54, 1.807) is 6.07 Å². The van der Waals surface area contributed by atoms with Gasteiger partial charge in [0, 0.05) is 80.2 Å². The van der Waals surface area contributed by atoms with Crippen LogP contribution in [0.25, 0.3) is 10.9 Å². The highest BCUT2D eigenvalue weighted by Gasteiger charge is 2.32. The quantitative estimate of drug-likeness (QED) is 0.507. The van der Waals surface area contributed by atoms with Crippen molar-refractivity contribution >= 4 is 28.2 Å². The van der Waals surface area contributed by atoms with Crippen molar-refractivity contribution in [2.24, 2.45) is 0 Å². The highest BCUT2D eigenvalue weighted by molar-refractivity contribution is 6.31. The number of benzene rings is 2. The molecule has 0 unspecified atom stereocenters. The number of piperazine rings is 1. The minimum atomic E-state index is -4.31. The van der Waals surface area contributed by atoms with E-state index < -0.39 is 11.7 Å². The monoisotopic (exact) mass is 476 g/mol. The zero-order chi connectivity index (χ0) is 23.0. The van der Waals surface area contributed by atoms with E-state index in [1.165, 1.54) is 17.7 Å². The van der Waals surface area contributed by atoms with Crippen LogP contribution in [0.1, 0.15) is 29.5 Å². The number of rotatable bonds is 5. The Morgan fingerprint density at radius 2 is 1.48 bits per heavy atom. The molecule has 3 aromatic rings. The summed E-state index contributed by atoms with van der Waals surface area (Å²) in [6, 6.07) is 10.1. The predicted octanol–water partition coefficient (Wildman–Crippen LogP) is 5.76. The summed E-state index contributed by atoms with van der Waals surface area (Å²) in [4.78, 5) is 10.2. The Hall–Kier alpha value is -2.22. The third kappa shape index (κ3) is 5.00. The van der Waals surface area contributed by atoms with Crippen molar-refractivity contribution < 1.29 is 13.2 Å². The van der Waals surface area contributed by atoms with Crippen LogP contribution in [0, 0.1) is 0 Å². The number of hydrogen-bond donors (Lipinski definition) is 1. The van der Waals surface area contributed by atoms with Crippen LogP contribution in [0.3, 0.4) is 0 Å². The van der Waals surface area contributed by atoms with Crippen molar-refractivity contribution in [2.75, 3.05) is 44.2 Å². The van der Waals surface area contributed by atoms with Gasteiger partial charge < -0.3 is 9.88 Å². The lowest BCUT2D eigenvalue weighted by atomic mass is 10.1. The summed E-state index contributed by atoms with van der Waals surface area (Å²) >= 11 is 6.18. The molecule has 2 aromatic carbocycles. The third-order valence-electron chi connectivity index (χ3n) is 6.84. The van der Waals surface area contributed by atoms with Gasteiger partial charge in [0.1, 0.15) is 0 Å². The summed E-state index contributed by atoms with van der Waals surface area (Å²) in [5.74, 6) is 0. The van der Waals surface area contributed by atoms with Gasteiger partial charge in [-0.15, -0.1) is 0 Å². The van der Waals surface area contributed by atoms with Gasteiger partial charge in [0.25, 0.3) is 0 Å². The van der Waals surface area contributed by atoms with E-state index in [0.29, 0.717) is 6.54 Å². The number of aromatic amines is 1. The first-order valence-corrected chi connectivity index (χ1v) is 11.9. The number of anilines is 1. The van der Waals surface area contributed by atoms with Crippen molar-refractivity contribution in [3.05, 3.63) is 64.3 Å². The van der Waals surface area contributed by atoms with E-state index in [4.69, 9.17) is 11.6 Å². The van der Waals surface area contributed by atoms with E-state index in [2.05, 4.69) is 25.9 Å². The van der Waals surface area contributed by atoms with Gasteiger partial charge in [-0.2, -0.15) is 13.2 Å². The molecular weight excluding hydrogens is 449 g/mol. The Morgan fingerprint density at radius 1 is 0.818 bits per heavy atom. The van der Waals surface area contributed by atoms with Crippen LogP contribution in [0.5, 0.6) is 0 Å². The minimum absolute atomic E-state index is 0.559. The Morgan fingerprint density at radius 3 is 2.15 bits per heavy atom. The molecule has 2 saturated heterocycles. The average Bonchev–Trinajstić information content (AvgIpc) is 3.45. The number of fused-ring (bicyclic) bond motifs is 1. The topological polar surface area (TPSA) is 25.5 Å². The van der Waals surface area contributed by atoms with Gasteiger partial charge in [0.05, 0.1) is 5.56 Å². The molecule has 2 fully saturated rings. The molecule has 0 saturated carbocycles. The summed E-state index contributed by atoms with van der Waals surface area (Å²) in [6.07, 6.45) is -0.191. The Labute approximate surface area is 196 Å². The summed E-state index contributed by atoms with van der Waals surface area (Å²) in [6.45, 7) is 6.83. The number of nitrogens with one attached hydrogen (secondary N) is 1. The van der Waals surface area contributed by atoms with Gasteiger partial charge in [0.15, 0.2) is 0 Å². The number of nitrogens with zero attached hydrogens (tertiary/aromatic N) is 3. The Kier molecular flexibility index (Phi) is 6.29. The molecule has 33 heavy (non-hydrogen) atoms. The molecule has 0 aliphatic carbocycles. The van der Waals surface area contributed by atoms with Gasteiger partial charge in [-0.05, 0) is 54.3 Å². The zero-order valence-corrected chi connectivity index (χ0v) is 19.2. The highest BCUT2D eigenvalue weighted by Crippen LogP contribution is 2.35. The molecule has 0 atom stereocenters. The van der Waals surface area contributed by atoms with Crippen LogP contribution in [-0.4, -0.2) is 54.1 Å². The number of alkyl halides is 3. The van der Waals surface area contributed by atoms with Gasteiger partial charge in [0.2, 0.25) is 0 Å². The second kappa shape index (κ2) is 9.20. The van der Waals surface area contributed by atoms with Crippen LogP contribution in [0.4, 0.5) is 18.9 Å². The van der Waals surface area contributed by atoms with E-state index in [1.807, 2.05) is 18.2 Å². The smallest absolute Gasteiger partial charge is 0.371 e. The molecule has 5 rings (SSSR count). The molecule has 0 amide bonds. The fourth-order valence-corrected chi connectivity index (χ4v) is 5.17. The molecule has 1 aromatic heterocycles. The lowest BCUT2D eigenvalue weighted by molar-refractivity contribution is -0.137. The number of aromatic nitrogens is 1. The summed E-state index contributed by atoms with van der Waals surface area (Å²) < 4.78 is 40.0. The molecule has 2 aliphatic heterocycles. The molecule has 3 heterocycles.